The number of carbonyl (C=O) groups is 1. The first-order valence-corrected chi connectivity index (χ1v) is 8.55. The van der Waals surface area contributed by atoms with Gasteiger partial charge in [-0.15, -0.1) is 10.2 Å². The summed E-state index contributed by atoms with van der Waals surface area (Å²) in [5, 5.41) is 20.5. The summed E-state index contributed by atoms with van der Waals surface area (Å²) in [6.45, 7) is -0.121. The summed E-state index contributed by atoms with van der Waals surface area (Å²) in [4.78, 5) is 21.4. The number of nitro benzene ring substituents is 1. The fourth-order valence-corrected chi connectivity index (χ4v) is 3.03. The predicted octanol–water partition coefficient (Wildman–Crippen LogP) is 0.753. The number of nitrogens with zero attached hydrogens (tertiary/aromatic N) is 3. The maximum absolute atomic E-state index is 12.0. The highest BCUT2D eigenvalue weighted by Crippen LogP contribution is 2.15. The minimum atomic E-state index is -3.84. The molecule has 23 heavy (non-hydrogen) atoms. The number of non-ortho nitro benzene ring substituents is 1. The van der Waals surface area contributed by atoms with Crippen molar-refractivity contribution in [3.8, 4) is 0 Å². The van der Waals surface area contributed by atoms with Crippen LogP contribution in [0, 0.1) is 10.1 Å². The van der Waals surface area contributed by atoms with Crippen LogP contribution in [0.3, 0.4) is 0 Å². The summed E-state index contributed by atoms with van der Waals surface area (Å²) >= 11 is 1.14. The molecule has 2 N–H and O–H groups in total. The lowest BCUT2D eigenvalue weighted by Gasteiger charge is -2.06. The number of hydrogen-bond acceptors (Lipinski definition) is 8. The molecule has 1 aromatic carbocycles. The van der Waals surface area contributed by atoms with Gasteiger partial charge >= 0.3 is 0 Å². The predicted molar refractivity (Wildman–Crippen MR) is 81.4 cm³/mol. The minimum Gasteiger partial charge on any atom is -0.300 e. The van der Waals surface area contributed by atoms with E-state index in [2.05, 4.69) is 20.2 Å². The topological polar surface area (TPSA) is 144 Å². The first kappa shape index (κ1) is 16.9. The van der Waals surface area contributed by atoms with Gasteiger partial charge in [0.2, 0.25) is 21.1 Å². The number of aromatic nitrogens is 2. The Hall–Kier alpha value is -2.44. The van der Waals surface area contributed by atoms with E-state index in [0.717, 1.165) is 35.6 Å². The zero-order valence-electron chi connectivity index (χ0n) is 11.5. The summed E-state index contributed by atoms with van der Waals surface area (Å²) in [6.07, 6.45) is -0.0915. The maximum atomic E-state index is 12.0. The summed E-state index contributed by atoms with van der Waals surface area (Å²) in [5.74, 6) is -0.409. The third-order valence-electron chi connectivity index (χ3n) is 2.61. The molecule has 1 amide bonds. The van der Waals surface area contributed by atoms with Crippen LogP contribution in [0.2, 0.25) is 0 Å². The molecule has 0 aliphatic heterocycles. The number of hydrogen-bond donors (Lipinski definition) is 2. The Bertz CT molecular complexity index is 789. The zero-order valence-corrected chi connectivity index (χ0v) is 13.1. The third kappa shape index (κ3) is 4.77. The number of amides is 1. The van der Waals surface area contributed by atoms with Crippen molar-refractivity contribution < 1.29 is 18.1 Å². The van der Waals surface area contributed by atoms with Gasteiger partial charge in [-0.25, -0.2) is 13.1 Å². The number of nitrogens with one attached hydrogen (secondary N) is 2. The molecule has 0 aliphatic carbocycles. The summed E-state index contributed by atoms with van der Waals surface area (Å²) in [7, 11) is -3.84. The van der Waals surface area contributed by atoms with Crippen LogP contribution in [0.1, 0.15) is 6.42 Å². The monoisotopic (exact) mass is 357 g/mol. The number of benzene rings is 1. The molecule has 0 aliphatic rings. The molecule has 0 saturated carbocycles. The number of sulfonamides is 1. The van der Waals surface area contributed by atoms with Crippen LogP contribution in [0.4, 0.5) is 10.8 Å². The van der Waals surface area contributed by atoms with Crippen molar-refractivity contribution in [1.82, 2.24) is 14.9 Å². The fourth-order valence-electron chi connectivity index (χ4n) is 1.54. The van der Waals surface area contributed by atoms with Crippen LogP contribution in [-0.4, -0.2) is 36.0 Å². The second-order valence-corrected chi connectivity index (χ2v) is 6.79. The van der Waals surface area contributed by atoms with Crippen LogP contribution < -0.4 is 10.0 Å². The number of nitro groups is 1. The van der Waals surface area contributed by atoms with Gasteiger partial charge in [0.15, 0.2) is 0 Å². The zero-order chi connectivity index (χ0) is 16.9. The normalized spacial score (nSPS) is 11.1. The van der Waals surface area contributed by atoms with Crippen molar-refractivity contribution in [2.45, 2.75) is 11.3 Å². The number of rotatable bonds is 7. The molecule has 0 spiro atoms. The van der Waals surface area contributed by atoms with E-state index in [1.807, 2.05) is 0 Å². The van der Waals surface area contributed by atoms with Gasteiger partial charge in [0.25, 0.3) is 5.69 Å². The van der Waals surface area contributed by atoms with Gasteiger partial charge in [0.1, 0.15) is 5.51 Å². The highest BCUT2D eigenvalue weighted by molar-refractivity contribution is 7.89. The lowest BCUT2D eigenvalue weighted by molar-refractivity contribution is -0.384. The molecule has 1 heterocycles. The molecule has 0 fully saturated rings. The van der Waals surface area contributed by atoms with Crippen LogP contribution in [0.15, 0.2) is 34.7 Å². The molecule has 122 valence electrons. The van der Waals surface area contributed by atoms with Gasteiger partial charge in [-0.05, 0) is 12.1 Å². The van der Waals surface area contributed by atoms with Gasteiger partial charge in [-0.3, -0.25) is 14.9 Å². The Morgan fingerprint density at radius 2 is 2.00 bits per heavy atom. The minimum absolute atomic E-state index is 0.0915. The highest BCUT2D eigenvalue weighted by Gasteiger charge is 2.16. The molecule has 0 atom stereocenters. The smallest absolute Gasteiger partial charge is 0.269 e. The van der Waals surface area contributed by atoms with Crippen LogP contribution in [0.25, 0.3) is 0 Å². The van der Waals surface area contributed by atoms with Crippen molar-refractivity contribution in [3.05, 3.63) is 39.9 Å². The Morgan fingerprint density at radius 3 is 2.57 bits per heavy atom. The van der Waals surface area contributed by atoms with Gasteiger partial charge in [-0.2, -0.15) is 0 Å². The Balaban J connectivity index is 1.88. The highest BCUT2D eigenvalue weighted by atomic mass is 32.2. The molecule has 0 radical (unpaired) electrons. The average molecular weight is 357 g/mol. The average Bonchev–Trinajstić information content (AvgIpc) is 3.00. The van der Waals surface area contributed by atoms with E-state index >= 15 is 0 Å². The standard InChI is InChI=1S/C11H11N5O5S2/c17-10(14-11-15-12-7-22-11)5-6-13-23(20,21)9-3-1-8(2-4-9)16(18)19/h1-4,7,13H,5-6H2,(H,14,15,17). The fraction of sp³-hybridized carbons (Fsp3) is 0.182. The van der Waals surface area contributed by atoms with Crippen LogP contribution in [-0.2, 0) is 14.8 Å². The Kier molecular flexibility index (Phi) is 5.31. The summed E-state index contributed by atoms with van der Waals surface area (Å²) < 4.78 is 26.2. The quantitative estimate of drug-likeness (QED) is 0.549. The van der Waals surface area contributed by atoms with E-state index in [1.165, 1.54) is 5.51 Å². The lowest BCUT2D eigenvalue weighted by atomic mass is 10.3. The van der Waals surface area contributed by atoms with E-state index in [4.69, 9.17) is 0 Å². The van der Waals surface area contributed by atoms with Gasteiger partial charge in [-0.1, -0.05) is 11.3 Å². The summed E-state index contributed by atoms with van der Waals surface area (Å²) in [5.41, 5.74) is 1.24. The van der Waals surface area contributed by atoms with Crippen molar-refractivity contribution in [2.24, 2.45) is 0 Å². The molecule has 0 bridgehead atoms. The van der Waals surface area contributed by atoms with E-state index in [9.17, 15) is 23.3 Å². The molecular formula is C11H11N5O5S2. The molecule has 12 heteroatoms. The first-order valence-electron chi connectivity index (χ1n) is 6.18. The largest absolute Gasteiger partial charge is 0.300 e. The SMILES string of the molecule is O=C(CCNS(=O)(=O)c1ccc([N+](=O)[O-])cc1)Nc1nncs1. The van der Waals surface area contributed by atoms with Crippen molar-refractivity contribution in [2.75, 3.05) is 11.9 Å². The third-order valence-corrected chi connectivity index (χ3v) is 4.69. The number of carbonyl (C=O) groups excluding carboxylic acids is 1. The molecule has 2 aromatic rings. The molecule has 10 nitrogen and oxygen atoms in total. The molecule has 0 unspecified atom stereocenters. The van der Waals surface area contributed by atoms with Gasteiger partial charge in [0, 0.05) is 25.1 Å². The van der Waals surface area contributed by atoms with E-state index in [1.54, 1.807) is 0 Å². The van der Waals surface area contributed by atoms with Crippen molar-refractivity contribution in [1.29, 1.82) is 0 Å². The Labute approximate surface area is 134 Å². The second-order valence-electron chi connectivity index (χ2n) is 4.19. The van der Waals surface area contributed by atoms with E-state index < -0.39 is 20.9 Å². The van der Waals surface area contributed by atoms with Gasteiger partial charge in [0.05, 0.1) is 9.82 Å². The van der Waals surface area contributed by atoms with E-state index in [0.29, 0.717) is 5.13 Å². The molecule has 0 saturated heterocycles. The van der Waals surface area contributed by atoms with Crippen LogP contribution in [0.5, 0.6) is 0 Å². The van der Waals surface area contributed by atoms with Crippen LogP contribution >= 0.6 is 11.3 Å². The number of anilines is 1. The molecular weight excluding hydrogens is 346 g/mol. The second kappa shape index (κ2) is 7.21. The lowest BCUT2D eigenvalue weighted by Crippen LogP contribution is -2.27. The maximum Gasteiger partial charge on any atom is 0.269 e. The van der Waals surface area contributed by atoms with Crippen molar-refractivity contribution in [3.63, 3.8) is 0 Å². The summed E-state index contributed by atoms with van der Waals surface area (Å²) in [6, 6.07) is 4.44. The molecule has 1 aromatic heterocycles. The Morgan fingerprint density at radius 1 is 1.30 bits per heavy atom. The molecule has 2 rings (SSSR count). The first-order chi connectivity index (χ1) is 10.9. The van der Waals surface area contributed by atoms with Crippen molar-refractivity contribution >= 4 is 38.1 Å². The van der Waals surface area contributed by atoms with E-state index in [-0.39, 0.29) is 23.5 Å². The van der Waals surface area contributed by atoms with Gasteiger partial charge < -0.3 is 5.32 Å².